The predicted octanol–water partition coefficient (Wildman–Crippen LogP) is 0.253. The fourth-order valence-electron chi connectivity index (χ4n) is 1.84. The molecule has 0 saturated heterocycles. The van der Waals surface area contributed by atoms with Crippen molar-refractivity contribution in [2.45, 2.75) is 25.9 Å². The molecule has 0 amide bonds. The molecular weight excluding hydrogens is 206 g/mol. The fourth-order valence-corrected chi connectivity index (χ4v) is 1.84. The van der Waals surface area contributed by atoms with Crippen molar-refractivity contribution >= 4 is 11.8 Å². The van der Waals surface area contributed by atoms with E-state index in [0.29, 0.717) is 11.9 Å². The lowest BCUT2D eigenvalue weighted by Crippen LogP contribution is -2.33. The van der Waals surface area contributed by atoms with E-state index in [1.165, 1.54) is 0 Å². The Morgan fingerprint density at radius 3 is 2.88 bits per heavy atom. The van der Waals surface area contributed by atoms with Crippen LogP contribution in [0.1, 0.15) is 18.5 Å². The van der Waals surface area contributed by atoms with Crippen LogP contribution < -0.4 is 16.6 Å². The number of aliphatic hydroxyl groups is 1. The van der Waals surface area contributed by atoms with Crippen molar-refractivity contribution in [3.63, 3.8) is 0 Å². The Kier molecular flexibility index (Phi) is 3.21. The lowest BCUT2D eigenvalue weighted by atomic mass is 9.82. The van der Waals surface area contributed by atoms with Gasteiger partial charge in [0.05, 0.1) is 6.10 Å². The number of nitrogens with two attached hydrogens (primary N) is 1. The first-order valence-electron chi connectivity index (χ1n) is 5.41. The maximum absolute atomic E-state index is 9.16. The Bertz CT molecular complexity index is 364. The van der Waals surface area contributed by atoms with Crippen LogP contribution in [0, 0.1) is 12.8 Å². The van der Waals surface area contributed by atoms with Gasteiger partial charge in [0.1, 0.15) is 5.82 Å². The highest BCUT2D eigenvalue weighted by Crippen LogP contribution is 2.27. The summed E-state index contributed by atoms with van der Waals surface area (Å²) in [5.41, 5.74) is 3.29. The van der Waals surface area contributed by atoms with E-state index in [-0.39, 0.29) is 6.10 Å². The van der Waals surface area contributed by atoms with E-state index in [1.807, 2.05) is 13.0 Å². The van der Waals surface area contributed by atoms with Crippen LogP contribution in [0.5, 0.6) is 0 Å². The average molecular weight is 223 g/mol. The number of aromatic nitrogens is 2. The Morgan fingerprint density at radius 2 is 2.25 bits per heavy atom. The first-order valence-corrected chi connectivity index (χ1v) is 5.41. The van der Waals surface area contributed by atoms with E-state index in [1.54, 1.807) is 0 Å². The lowest BCUT2D eigenvalue weighted by molar-refractivity contribution is 0.0486. The molecule has 1 aromatic heterocycles. The zero-order valence-corrected chi connectivity index (χ0v) is 9.27. The molecule has 0 radical (unpaired) electrons. The third kappa shape index (κ3) is 2.59. The Labute approximate surface area is 94.3 Å². The molecule has 6 heteroatoms. The molecule has 1 aliphatic carbocycles. The normalized spacial score (nSPS) is 23.7. The summed E-state index contributed by atoms with van der Waals surface area (Å²) in [7, 11) is 0. The Morgan fingerprint density at radius 1 is 1.50 bits per heavy atom. The molecule has 1 heterocycles. The molecule has 88 valence electrons. The molecule has 0 unspecified atom stereocenters. The summed E-state index contributed by atoms with van der Waals surface area (Å²) >= 11 is 0. The summed E-state index contributed by atoms with van der Waals surface area (Å²) in [5, 5.41) is 12.4. The van der Waals surface area contributed by atoms with Crippen molar-refractivity contribution < 1.29 is 5.11 Å². The number of aliphatic hydroxyl groups excluding tert-OH is 1. The van der Waals surface area contributed by atoms with Gasteiger partial charge in [-0.2, -0.15) is 4.98 Å². The van der Waals surface area contributed by atoms with Crippen LogP contribution in [-0.4, -0.2) is 27.7 Å². The third-order valence-corrected chi connectivity index (χ3v) is 2.77. The molecule has 1 aromatic rings. The summed E-state index contributed by atoms with van der Waals surface area (Å²) in [4.78, 5) is 8.28. The minimum absolute atomic E-state index is 0.111. The molecule has 1 aliphatic rings. The minimum Gasteiger partial charge on any atom is -0.393 e. The van der Waals surface area contributed by atoms with E-state index >= 15 is 0 Å². The molecule has 5 N–H and O–H groups in total. The smallest absolute Gasteiger partial charge is 0.239 e. The van der Waals surface area contributed by atoms with Gasteiger partial charge < -0.3 is 10.4 Å². The second-order valence-electron chi connectivity index (χ2n) is 4.23. The maximum Gasteiger partial charge on any atom is 0.239 e. The van der Waals surface area contributed by atoms with Gasteiger partial charge in [0.25, 0.3) is 0 Å². The average Bonchev–Trinajstić information content (AvgIpc) is 2.22. The number of anilines is 2. The second kappa shape index (κ2) is 4.63. The summed E-state index contributed by atoms with van der Waals surface area (Å²) in [5.74, 6) is 6.98. The van der Waals surface area contributed by atoms with Crippen molar-refractivity contribution in [1.82, 2.24) is 9.97 Å². The van der Waals surface area contributed by atoms with Gasteiger partial charge in [-0.05, 0) is 25.7 Å². The summed E-state index contributed by atoms with van der Waals surface area (Å²) in [6.07, 6.45) is 1.64. The number of nitrogen functional groups attached to an aromatic ring is 1. The Hall–Kier alpha value is -1.40. The topological polar surface area (TPSA) is 96.1 Å². The van der Waals surface area contributed by atoms with E-state index < -0.39 is 0 Å². The highest BCUT2D eigenvalue weighted by molar-refractivity contribution is 5.41. The molecule has 1 saturated carbocycles. The summed E-state index contributed by atoms with van der Waals surface area (Å²) in [6, 6.07) is 1.87. The highest BCUT2D eigenvalue weighted by Gasteiger charge is 2.26. The third-order valence-electron chi connectivity index (χ3n) is 2.77. The minimum atomic E-state index is -0.111. The molecule has 0 aromatic carbocycles. The second-order valence-corrected chi connectivity index (χ2v) is 4.23. The number of hydrogen-bond acceptors (Lipinski definition) is 6. The standard InChI is InChI=1S/C10H17N5O/c1-6-2-9(14-10(13-6)15-11)12-5-7-3-8(16)4-7/h2,7-8,16H,3-5,11H2,1H3,(H2,12,13,14,15). The van der Waals surface area contributed by atoms with E-state index in [0.717, 1.165) is 30.9 Å². The van der Waals surface area contributed by atoms with Gasteiger partial charge in [-0.25, -0.2) is 10.8 Å². The van der Waals surface area contributed by atoms with E-state index in [2.05, 4.69) is 20.7 Å². The van der Waals surface area contributed by atoms with Gasteiger partial charge >= 0.3 is 0 Å². The monoisotopic (exact) mass is 223 g/mol. The SMILES string of the molecule is Cc1cc(NCC2CC(O)C2)nc(NN)n1. The molecule has 2 rings (SSSR count). The molecule has 1 fully saturated rings. The van der Waals surface area contributed by atoms with E-state index in [9.17, 15) is 0 Å². The molecular formula is C10H17N5O. The van der Waals surface area contributed by atoms with Crippen LogP contribution in [0.3, 0.4) is 0 Å². The predicted molar refractivity (Wildman–Crippen MR) is 61.8 cm³/mol. The zero-order chi connectivity index (χ0) is 11.5. The largest absolute Gasteiger partial charge is 0.393 e. The first kappa shape index (κ1) is 11.1. The molecule has 0 spiro atoms. The van der Waals surface area contributed by atoms with Crippen molar-refractivity contribution in [3.8, 4) is 0 Å². The van der Waals surface area contributed by atoms with Gasteiger partial charge in [0.15, 0.2) is 0 Å². The molecule has 16 heavy (non-hydrogen) atoms. The number of hydrogen-bond donors (Lipinski definition) is 4. The van der Waals surface area contributed by atoms with Gasteiger partial charge in [-0.3, -0.25) is 5.43 Å². The van der Waals surface area contributed by atoms with Gasteiger partial charge in [-0.1, -0.05) is 0 Å². The molecule has 0 atom stereocenters. The zero-order valence-electron chi connectivity index (χ0n) is 9.27. The van der Waals surface area contributed by atoms with E-state index in [4.69, 9.17) is 10.9 Å². The maximum atomic E-state index is 9.16. The van der Waals surface area contributed by atoms with Crippen molar-refractivity contribution in [2.24, 2.45) is 11.8 Å². The summed E-state index contributed by atoms with van der Waals surface area (Å²) in [6.45, 7) is 2.72. The molecule has 6 nitrogen and oxygen atoms in total. The van der Waals surface area contributed by atoms with Crippen molar-refractivity contribution in [2.75, 3.05) is 17.3 Å². The molecule has 0 bridgehead atoms. The molecule has 0 aliphatic heterocycles. The Balaban J connectivity index is 1.90. The number of nitrogens with zero attached hydrogens (tertiary/aromatic N) is 2. The van der Waals surface area contributed by atoms with Crippen LogP contribution >= 0.6 is 0 Å². The summed E-state index contributed by atoms with van der Waals surface area (Å²) < 4.78 is 0. The number of hydrazine groups is 1. The van der Waals surface area contributed by atoms with Gasteiger partial charge in [-0.15, -0.1) is 0 Å². The van der Waals surface area contributed by atoms with Gasteiger partial charge in [0.2, 0.25) is 5.95 Å². The first-order chi connectivity index (χ1) is 7.67. The van der Waals surface area contributed by atoms with Crippen LogP contribution in [0.25, 0.3) is 0 Å². The van der Waals surface area contributed by atoms with Crippen molar-refractivity contribution in [1.29, 1.82) is 0 Å². The van der Waals surface area contributed by atoms with Gasteiger partial charge in [0, 0.05) is 18.3 Å². The quantitative estimate of drug-likeness (QED) is 0.432. The number of aryl methyl sites for hydroxylation is 1. The number of nitrogens with one attached hydrogen (secondary N) is 2. The fraction of sp³-hybridized carbons (Fsp3) is 0.600. The van der Waals surface area contributed by atoms with Crippen LogP contribution in [0.15, 0.2) is 6.07 Å². The van der Waals surface area contributed by atoms with Crippen molar-refractivity contribution in [3.05, 3.63) is 11.8 Å². The van der Waals surface area contributed by atoms with Crippen LogP contribution in [0.4, 0.5) is 11.8 Å². The van der Waals surface area contributed by atoms with Crippen LogP contribution in [0.2, 0.25) is 0 Å². The van der Waals surface area contributed by atoms with Crippen LogP contribution in [-0.2, 0) is 0 Å². The number of rotatable bonds is 4. The lowest BCUT2D eigenvalue weighted by Gasteiger charge is -2.31. The highest BCUT2D eigenvalue weighted by atomic mass is 16.3.